The molecule has 0 N–H and O–H groups in total. The van der Waals surface area contributed by atoms with Gasteiger partial charge in [0.2, 0.25) is 0 Å². The zero-order chi connectivity index (χ0) is 25.5. The summed E-state index contributed by atoms with van der Waals surface area (Å²) in [6, 6.07) is 14.2. The number of likely N-dealkylation sites (N-methyl/N-ethyl adjacent to an activating group) is 1. The molecule has 0 unspecified atom stereocenters. The van der Waals surface area contributed by atoms with Gasteiger partial charge < -0.3 is 14.5 Å². The van der Waals surface area contributed by atoms with Crippen LogP contribution in [0.15, 0.2) is 53.7 Å². The summed E-state index contributed by atoms with van der Waals surface area (Å²) in [7, 11) is 1.61. The number of methoxy groups -OCH3 is 1. The van der Waals surface area contributed by atoms with Gasteiger partial charge in [0.15, 0.2) is 11.0 Å². The number of benzene rings is 2. The third kappa shape index (κ3) is 5.92. The van der Waals surface area contributed by atoms with Gasteiger partial charge in [0, 0.05) is 50.7 Å². The minimum absolute atomic E-state index is 0.0171. The Morgan fingerprint density at radius 1 is 1.08 bits per heavy atom. The highest BCUT2D eigenvalue weighted by Gasteiger charge is 2.23. The summed E-state index contributed by atoms with van der Waals surface area (Å²) < 4.78 is 7.09. The molecule has 0 spiro atoms. The lowest BCUT2D eigenvalue weighted by Crippen LogP contribution is -2.48. The van der Waals surface area contributed by atoms with E-state index in [4.69, 9.17) is 4.74 Å². The highest BCUT2D eigenvalue weighted by molar-refractivity contribution is 7.98. The number of carbonyl (C=O) groups excluding carboxylic acids is 1. The van der Waals surface area contributed by atoms with Crippen molar-refractivity contribution in [2.45, 2.75) is 24.4 Å². The highest BCUT2D eigenvalue weighted by atomic mass is 32.2. The first kappa shape index (κ1) is 25.8. The molecule has 0 saturated carbocycles. The molecule has 0 radical (unpaired) electrons. The Labute approximate surface area is 214 Å². The zero-order valence-electron chi connectivity index (χ0n) is 20.5. The Bertz CT molecular complexity index is 1190. The van der Waals surface area contributed by atoms with Gasteiger partial charge in [0.25, 0.3) is 11.6 Å². The van der Waals surface area contributed by atoms with Gasteiger partial charge in [-0.25, -0.2) is 0 Å². The van der Waals surface area contributed by atoms with E-state index < -0.39 is 4.92 Å². The number of para-hydroxylation sites is 1. The van der Waals surface area contributed by atoms with Gasteiger partial charge in [0.1, 0.15) is 0 Å². The summed E-state index contributed by atoms with van der Waals surface area (Å²) in [4.78, 5) is 28.2. The van der Waals surface area contributed by atoms with Crippen LogP contribution in [0.2, 0.25) is 0 Å². The molecular weight excluding hydrogens is 480 g/mol. The van der Waals surface area contributed by atoms with E-state index >= 15 is 0 Å². The minimum Gasteiger partial charge on any atom is -0.383 e. The van der Waals surface area contributed by atoms with Crippen LogP contribution in [0.3, 0.4) is 0 Å². The largest absolute Gasteiger partial charge is 0.383 e. The molecule has 1 amide bonds. The first-order valence-corrected chi connectivity index (χ1v) is 12.9. The second kappa shape index (κ2) is 12.1. The molecule has 1 saturated heterocycles. The summed E-state index contributed by atoms with van der Waals surface area (Å²) in [5.74, 6) is 1.12. The lowest BCUT2D eigenvalue weighted by Gasteiger charge is -2.34. The number of hydrogen-bond donors (Lipinski definition) is 0. The number of piperazine rings is 1. The van der Waals surface area contributed by atoms with Gasteiger partial charge in [-0.15, -0.1) is 10.2 Å². The topological polar surface area (TPSA) is 107 Å². The van der Waals surface area contributed by atoms with E-state index in [0.29, 0.717) is 41.0 Å². The second-order valence-corrected chi connectivity index (χ2v) is 9.38. The molecule has 1 fully saturated rings. The maximum absolute atomic E-state index is 12.9. The van der Waals surface area contributed by atoms with E-state index in [9.17, 15) is 14.9 Å². The monoisotopic (exact) mass is 510 g/mol. The van der Waals surface area contributed by atoms with Crippen LogP contribution in [0.4, 0.5) is 5.69 Å². The van der Waals surface area contributed by atoms with E-state index in [-0.39, 0.29) is 11.6 Å². The van der Waals surface area contributed by atoms with Crippen molar-refractivity contribution >= 4 is 23.4 Å². The van der Waals surface area contributed by atoms with Crippen LogP contribution in [0.25, 0.3) is 11.4 Å². The normalized spacial score (nSPS) is 14.2. The molecule has 36 heavy (non-hydrogen) atoms. The lowest BCUT2D eigenvalue weighted by molar-refractivity contribution is -0.384. The van der Waals surface area contributed by atoms with Gasteiger partial charge in [-0.05, 0) is 30.3 Å². The summed E-state index contributed by atoms with van der Waals surface area (Å²) in [5, 5.41) is 20.8. The van der Waals surface area contributed by atoms with E-state index in [1.165, 1.54) is 17.8 Å². The fraction of sp³-hybridized carbons (Fsp3) is 0.400. The van der Waals surface area contributed by atoms with Crippen LogP contribution in [0.5, 0.6) is 0 Å². The summed E-state index contributed by atoms with van der Waals surface area (Å²) >= 11 is 1.49. The zero-order valence-corrected chi connectivity index (χ0v) is 21.3. The summed E-state index contributed by atoms with van der Waals surface area (Å²) in [5.41, 5.74) is 2.13. The van der Waals surface area contributed by atoms with Crippen molar-refractivity contribution in [1.82, 2.24) is 24.6 Å². The fourth-order valence-corrected chi connectivity index (χ4v) is 5.06. The molecule has 11 heteroatoms. The van der Waals surface area contributed by atoms with Crippen molar-refractivity contribution in [3.05, 3.63) is 69.8 Å². The average molecular weight is 511 g/mol. The van der Waals surface area contributed by atoms with Crippen LogP contribution in [-0.2, 0) is 17.0 Å². The molecule has 0 atom stereocenters. The van der Waals surface area contributed by atoms with Crippen LogP contribution in [-0.4, -0.2) is 81.8 Å². The Hall–Kier alpha value is -3.28. The van der Waals surface area contributed by atoms with Crippen molar-refractivity contribution in [3.63, 3.8) is 0 Å². The number of amides is 1. The molecule has 1 aliphatic heterocycles. The number of rotatable bonds is 10. The van der Waals surface area contributed by atoms with Crippen molar-refractivity contribution in [2.75, 3.05) is 46.4 Å². The molecule has 10 nitrogen and oxygen atoms in total. The molecule has 4 rings (SSSR count). The number of carbonyl (C=O) groups is 1. The van der Waals surface area contributed by atoms with E-state index in [1.54, 1.807) is 25.3 Å². The van der Waals surface area contributed by atoms with Crippen molar-refractivity contribution in [2.24, 2.45) is 0 Å². The van der Waals surface area contributed by atoms with E-state index in [0.717, 1.165) is 38.3 Å². The van der Waals surface area contributed by atoms with Gasteiger partial charge in [-0.2, -0.15) is 0 Å². The first-order chi connectivity index (χ1) is 17.5. The predicted octanol–water partition coefficient (Wildman–Crippen LogP) is 3.57. The number of thioether (sulfide) groups is 1. The van der Waals surface area contributed by atoms with Gasteiger partial charge in [-0.3, -0.25) is 19.5 Å². The smallest absolute Gasteiger partial charge is 0.280 e. The number of ether oxygens (including phenoxy) is 1. The molecule has 0 bridgehead atoms. The van der Waals surface area contributed by atoms with Crippen LogP contribution >= 0.6 is 11.8 Å². The molecule has 2 aromatic carbocycles. The number of hydrogen-bond acceptors (Lipinski definition) is 8. The fourth-order valence-electron chi connectivity index (χ4n) is 4.14. The molecule has 0 aliphatic carbocycles. The van der Waals surface area contributed by atoms with Crippen molar-refractivity contribution < 1.29 is 14.5 Å². The van der Waals surface area contributed by atoms with E-state index in [1.807, 2.05) is 33.7 Å². The standard InChI is InChI=1S/C25H30N6O4S/c1-3-28-12-14-29(15-13-28)24(32)20-10-8-19(9-11-20)18-36-25-27-26-23(30(25)16-17-35-2)21-6-4-5-7-22(21)31(33)34/h4-11H,3,12-18H2,1-2H3. The third-order valence-electron chi connectivity index (χ3n) is 6.25. The van der Waals surface area contributed by atoms with Crippen molar-refractivity contribution in [3.8, 4) is 11.4 Å². The Morgan fingerprint density at radius 3 is 2.47 bits per heavy atom. The van der Waals surface area contributed by atoms with Gasteiger partial charge >= 0.3 is 0 Å². The Morgan fingerprint density at radius 2 is 1.81 bits per heavy atom. The van der Waals surface area contributed by atoms with Crippen molar-refractivity contribution in [1.29, 1.82) is 0 Å². The third-order valence-corrected chi connectivity index (χ3v) is 7.29. The molecular formula is C25H30N6O4S. The summed E-state index contributed by atoms with van der Waals surface area (Å²) in [6.45, 7) is 7.36. The average Bonchev–Trinajstić information content (AvgIpc) is 3.33. The van der Waals surface area contributed by atoms with Crippen LogP contribution in [0, 0.1) is 10.1 Å². The number of nitro groups is 1. The molecule has 190 valence electrons. The minimum atomic E-state index is -0.413. The second-order valence-electron chi connectivity index (χ2n) is 8.44. The quantitative estimate of drug-likeness (QED) is 0.232. The van der Waals surface area contributed by atoms with Gasteiger partial charge in [-0.1, -0.05) is 43.0 Å². The summed E-state index contributed by atoms with van der Waals surface area (Å²) in [6.07, 6.45) is 0. The maximum Gasteiger partial charge on any atom is 0.280 e. The number of aromatic nitrogens is 3. The highest BCUT2D eigenvalue weighted by Crippen LogP contribution is 2.31. The molecule has 1 aliphatic rings. The Kier molecular flexibility index (Phi) is 8.68. The van der Waals surface area contributed by atoms with Gasteiger partial charge in [0.05, 0.1) is 23.6 Å². The Balaban J connectivity index is 1.46. The lowest BCUT2D eigenvalue weighted by atomic mass is 10.1. The predicted molar refractivity (Wildman–Crippen MR) is 138 cm³/mol. The maximum atomic E-state index is 12.9. The van der Waals surface area contributed by atoms with E-state index in [2.05, 4.69) is 22.0 Å². The van der Waals surface area contributed by atoms with Crippen LogP contribution < -0.4 is 0 Å². The number of nitro benzene ring substituents is 1. The number of nitrogens with zero attached hydrogens (tertiary/aromatic N) is 6. The molecule has 3 aromatic rings. The molecule has 2 heterocycles. The van der Waals surface area contributed by atoms with Crippen LogP contribution in [0.1, 0.15) is 22.8 Å². The first-order valence-electron chi connectivity index (χ1n) is 11.9. The molecule has 1 aromatic heterocycles. The SMILES string of the molecule is CCN1CCN(C(=O)c2ccc(CSc3nnc(-c4ccccc4[N+](=O)[O-])n3CCOC)cc2)CC1.